The first-order valence-corrected chi connectivity index (χ1v) is 13.2. The van der Waals surface area contributed by atoms with E-state index in [-0.39, 0.29) is 29.0 Å². The summed E-state index contributed by atoms with van der Waals surface area (Å²) in [7, 11) is 0. The first-order chi connectivity index (χ1) is 17.4. The average molecular weight is 498 g/mol. The van der Waals surface area contributed by atoms with Gasteiger partial charge in [0.15, 0.2) is 0 Å². The molecule has 1 aliphatic carbocycles. The normalized spacial score (nSPS) is 23.5. The third kappa shape index (κ3) is 4.73. The molecule has 5 rings (SSSR count). The minimum Gasteiger partial charge on any atom is -0.384 e. The van der Waals surface area contributed by atoms with Crippen LogP contribution in [0.2, 0.25) is 0 Å². The summed E-state index contributed by atoms with van der Waals surface area (Å²) in [5.41, 5.74) is 2.00. The lowest BCUT2D eigenvalue weighted by atomic mass is 9.75. The fourth-order valence-electron chi connectivity index (χ4n) is 6.13. The Morgan fingerprint density at radius 3 is 2.72 bits per heavy atom. The largest absolute Gasteiger partial charge is 0.384 e. The van der Waals surface area contributed by atoms with E-state index in [0.29, 0.717) is 49.2 Å². The number of nitrogens with one attached hydrogen (secondary N) is 3. The fraction of sp³-hybridized carbons (Fsp3) is 0.593. The number of hydrogen-bond acceptors (Lipinski definition) is 5. The number of aryl methyl sites for hydroxylation is 1. The zero-order chi connectivity index (χ0) is 25.3. The highest BCUT2D eigenvalue weighted by Gasteiger charge is 2.43. The molecule has 9 heteroatoms. The van der Waals surface area contributed by atoms with Crippen LogP contribution in [-0.2, 0) is 21.5 Å². The lowest BCUT2D eigenvalue weighted by Crippen LogP contribution is -2.49. The van der Waals surface area contributed by atoms with Crippen molar-refractivity contribution in [2.24, 2.45) is 11.8 Å². The second kappa shape index (κ2) is 10.2. The van der Waals surface area contributed by atoms with Crippen molar-refractivity contribution in [2.75, 3.05) is 30.4 Å². The topological polar surface area (TPSA) is 97.3 Å². The second-order valence-electron chi connectivity index (χ2n) is 10.6. The summed E-state index contributed by atoms with van der Waals surface area (Å²) in [4.78, 5) is 26.7. The van der Waals surface area contributed by atoms with Gasteiger partial charge < -0.3 is 20.7 Å². The van der Waals surface area contributed by atoms with Gasteiger partial charge in [-0.05, 0) is 62.6 Å². The molecule has 36 heavy (non-hydrogen) atoms. The summed E-state index contributed by atoms with van der Waals surface area (Å²) in [5.74, 6) is -0.323. The molecule has 1 atom stereocenters. The third-order valence-corrected chi connectivity index (χ3v) is 8.30. The molecule has 2 aliphatic heterocycles. The van der Waals surface area contributed by atoms with Crippen LogP contribution < -0.4 is 16.0 Å². The maximum atomic E-state index is 15.4. The molecule has 3 N–H and O–H groups in total. The molecular formula is C27H36FN5O3. The molecule has 2 aromatic rings. The van der Waals surface area contributed by atoms with Crippen LogP contribution in [0.25, 0.3) is 0 Å². The predicted molar refractivity (Wildman–Crippen MR) is 136 cm³/mol. The van der Waals surface area contributed by atoms with Crippen molar-refractivity contribution < 1.29 is 18.7 Å². The summed E-state index contributed by atoms with van der Waals surface area (Å²) in [6, 6.07) is 4.17. The standard InChI is InChI=1S/C27H36FN5O3/c1-3-33-22(8-11-30-33)25(34)32-24(18-6-4-17(2)5-7-18)26(35)31-19-14-20(28)23-21(15-19)29-16-27(23)9-12-36-13-10-27/h8,11,14-15,17-18,24,29H,3-7,9-10,12-13,16H2,1-2H3,(H,31,35)(H,32,34)/t17?,18?,24-/m0/s1. The molecule has 0 unspecified atom stereocenters. The molecule has 1 aromatic heterocycles. The van der Waals surface area contributed by atoms with Crippen LogP contribution in [0.5, 0.6) is 0 Å². The van der Waals surface area contributed by atoms with Crippen molar-refractivity contribution in [2.45, 2.75) is 70.4 Å². The van der Waals surface area contributed by atoms with E-state index in [1.54, 1.807) is 16.9 Å². The van der Waals surface area contributed by atoms with Gasteiger partial charge in [0.2, 0.25) is 5.91 Å². The molecule has 3 aliphatic rings. The number of hydrogen-bond donors (Lipinski definition) is 3. The second-order valence-corrected chi connectivity index (χ2v) is 10.6. The first kappa shape index (κ1) is 24.7. The first-order valence-electron chi connectivity index (χ1n) is 13.2. The predicted octanol–water partition coefficient (Wildman–Crippen LogP) is 4.08. The van der Waals surface area contributed by atoms with Gasteiger partial charge in [-0.15, -0.1) is 0 Å². The van der Waals surface area contributed by atoms with Crippen molar-refractivity contribution in [3.05, 3.63) is 41.5 Å². The maximum absolute atomic E-state index is 15.4. The molecule has 0 bridgehead atoms. The van der Waals surface area contributed by atoms with Gasteiger partial charge in [0, 0.05) is 54.9 Å². The van der Waals surface area contributed by atoms with Crippen LogP contribution in [0, 0.1) is 17.7 Å². The molecule has 1 aromatic carbocycles. The minimum atomic E-state index is -0.712. The Morgan fingerprint density at radius 2 is 2.00 bits per heavy atom. The minimum absolute atomic E-state index is 0.0195. The molecule has 0 radical (unpaired) electrons. The van der Waals surface area contributed by atoms with Crippen LogP contribution >= 0.6 is 0 Å². The summed E-state index contributed by atoms with van der Waals surface area (Å²) < 4.78 is 22.5. The number of anilines is 2. The van der Waals surface area contributed by atoms with Crippen LogP contribution in [0.15, 0.2) is 24.4 Å². The van der Waals surface area contributed by atoms with Gasteiger partial charge >= 0.3 is 0 Å². The van der Waals surface area contributed by atoms with Crippen molar-refractivity contribution in [3.63, 3.8) is 0 Å². The number of ether oxygens (including phenoxy) is 1. The van der Waals surface area contributed by atoms with Crippen molar-refractivity contribution >= 4 is 23.2 Å². The number of aromatic nitrogens is 2. The van der Waals surface area contributed by atoms with Gasteiger partial charge in [-0.2, -0.15) is 5.10 Å². The Bertz CT molecular complexity index is 1120. The van der Waals surface area contributed by atoms with Gasteiger partial charge in [-0.1, -0.05) is 19.8 Å². The van der Waals surface area contributed by atoms with E-state index in [2.05, 4.69) is 28.0 Å². The van der Waals surface area contributed by atoms with Gasteiger partial charge in [-0.25, -0.2) is 4.39 Å². The van der Waals surface area contributed by atoms with E-state index in [9.17, 15) is 9.59 Å². The number of halogens is 1. The summed E-state index contributed by atoms with van der Waals surface area (Å²) in [6.45, 7) is 6.61. The Morgan fingerprint density at radius 1 is 1.25 bits per heavy atom. The zero-order valence-corrected chi connectivity index (χ0v) is 21.1. The third-order valence-electron chi connectivity index (χ3n) is 8.30. The lowest BCUT2D eigenvalue weighted by molar-refractivity contribution is -0.119. The highest BCUT2D eigenvalue weighted by molar-refractivity contribution is 6.01. The quantitative estimate of drug-likeness (QED) is 0.559. The Kier molecular flexibility index (Phi) is 7.01. The highest BCUT2D eigenvalue weighted by atomic mass is 19.1. The smallest absolute Gasteiger partial charge is 0.270 e. The summed E-state index contributed by atoms with van der Waals surface area (Å²) >= 11 is 0. The molecule has 8 nitrogen and oxygen atoms in total. The van der Waals surface area contributed by atoms with E-state index in [0.717, 1.165) is 44.2 Å². The Balaban J connectivity index is 1.36. The summed E-state index contributed by atoms with van der Waals surface area (Å²) in [5, 5.41) is 13.4. The van der Waals surface area contributed by atoms with Gasteiger partial charge in [0.25, 0.3) is 5.91 Å². The van der Waals surface area contributed by atoms with Crippen LogP contribution in [0.1, 0.15) is 68.4 Å². The molecule has 2 fully saturated rings. The SMILES string of the molecule is CCn1nccc1C(=O)N[C@H](C(=O)Nc1cc(F)c2c(c1)NCC21CCOCC1)C1CCC(C)CC1. The maximum Gasteiger partial charge on any atom is 0.270 e. The molecule has 1 saturated carbocycles. The van der Waals surface area contributed by atoms with Gasteiger partial charge in [-0.3, -0.25) is 14.3 Å². The number of carbonyl (C=O) groups is 2. The Hall–Kier alpha value is -2.94. The van der Waals surface area contributed by atoms with Gasteiger partial charge in [0.05, 0.1) is 0 Å². The lowest BCUT2D eigenvalue weighted by Gasteiger charge is -2.33. The zero-order valence-electron chi connectivity index (χ0n) is 21.1. The van der Waals surface area contributed by atoms with Crippen LogP contribution in [-0.4, -0.2) is 47.4 Å². The number of carbonyl (C=O) groups excluding carboxylic acids is 2. The molecule has 1 spiro atoms. The van der Waals surface area contributed by atoms with E-state index in [4.69, 9.17) is 4.74 Å². The molecular weight excluding hydrogens is 461 g/mol. The molecule has 194 valence electrons. The van der Waals surface area contributed by atoms with E-state index < -0.39 is 6.04 Å². The monoisotopic (exact) mass is 497 g/mol. The fourth-order valence-corrected chi connectivity index (χ4v) is 6.13. The summed E-state index contributed by atoms with van der Waals surface area (Å²) in [6.07, 6.45) is 6.88. The van der Waals surface area contributed by atoms with Crippen LogP contribution in [0.4, 0.5) is 15.8 Å². The van der Waals surface area contributed by atoms with Crippen molar-refractivity contribution in [1.29, 1.82) is 0 Å². The van der Waals surface area contributed by atoms with Crippen molar-refractivity contribution in [3.8, 4) is 0 Å². The number of nitrogens with zero attached hydrogens (tertiary/aromatic N) is 2. The Labute approximate surface area is 211 Å². The highest BCUT2D eigenvalue weighted by Crippen LogP contribution is 2.46. The average Bonchev–Trinajstić information content (AvgIpc) is 3.49. The van der Waals surface area contributed by atoms with E-state index >= 15 is 4.39 Å². The number of rotatable bonds is 6. The number of amides is 2. The molecule has 2 amide bonds. The van der Waals surface area contributed by atoms with Gasteiger partial charge in [0.1, 0.15) is 17.6 Å². The number of benzene rings is 1. The molecule has 1 saturated heterocycles. The number of fused-ring (bicyclic) bond motifs is 2. The van der Waals surface area contributed by atoms with Crippen LogP contribution in [0.3, 0.4) is 0 Å². The van der Waals surface area contributed by atoms with E-state index in [1.165, 1.54) is 6.07 Å². The van der Waals surface area contributed by atoms with Crippen molar-refractivity contribution in [1.82, 2.24) is 15.1 Å². The van der Waals surface area contributed by atoms with E-state index in [1.807, 2.05) is 13.0 Å². The molecule has 3 heterocycles.